The third-order valence-electron chi connectivity index (χ3n) is 1.91. The van der Waals surface area contributed by atoms with E-state index in [1.807, 2.05) is 24.4 Å². The molecule has 0 spiro atoms. The molecule has 1 aromatic carbocycles. The summed E-state index contributed by atoms with van der Waals surface area (Å²) in [5, 5.41) is 14.6. The van der Waals surface area contributed by atoms with Crippen LogP contribution in [-0.4, -0.2) is 14.9 Å². The van der Waals surface area contributed by atoms with Gasteiger partial charge < -0.3 is 5.11 Å². The van der Waals surface area contributed by atoms with Gasteiger partial charge in [0.25, 0.3) is 0 Å². The lowest BCUT2D eigenvalue weighted by Crippen LogP contribution is -1.95. The van der Waals surface area contributed by atoms with Gasteiger partial charge in [0.2, 0.25) is 0 Å². The number of aromatic nitrogens is 2. The van der Waals surface area contributed by atoms with Gasteiger partial charge in [-0.15, -0.1) is 0 Å². The lowest BCUT2D eigenvalue weighted by Gasteiger charge is -2.02. The lowest BCUT2D eigenvalue weighted by molar-refractivity contribution is 0.470. The summed E-state index contributed by atoms with van der Waals surface area (Å²) in [7, 11) is 0. The molecule has 0 aliphatic carbocycles. The van der Waals surface area contributed by atoms with E-state index in [2.05, 4.69) is 21.0 Å². The Hall–Kier alpha value is -1.29. The van der Waals surface area contributed by atoms with E-state index in [1.54, 1.807) is 16.8 Å². The summed E-state index contributed by atoms with van der Waals surface area (Å²) in [6.07, 6.45) is 1.83. The molecule has 0 aliphatic rings. The maximum atomic E-state index is 9.57. The fourth-order valence-corrected chi connectivity index (χ4v) is 1.52. The second kappa shape index (κ2) is 3.84. The molecule has 1 heterocycles. The van der Waals surface area contributed by atoms with E-state index in [-0.39, 0.29) is 5.75 Å². The van der Waals surface area contributed by atoms with Crippen molar-refractivity contribution < 1.29 is 5.11 Å². The zero-order valence-electron chi connectivity index (χ0n) is 7.39. The van der Waals surface area contributed by atoms with Crippen LogP contribution < -0.4 is 0 Å². The number of rotatable bonds is 2. The zero-order chi connectivity index (χ0) is 9.97. The molecule has 0 bridgehead atoms. The van der Waals surface area contributed by atoms with Gasteiger partial charge in [0.1, 0.15) is 11.4 Å². The van der Waals surface area contributed by atoms with Crippen LogP contribution in [0.4, 0.5) is 0 Å². The normalized spacial score (nSPS) is 10.4. The van der Waals surface area contributed by atoms with Gasteiger partial charge in [-0.2, -0.15) is 5.10 Å². The number of phenolic OH excluding ortho intramolecular Hbond substituents is 1. The molecule has 2 rings (SSSR count). The minimum absolute atomic E-state index is 0.233. The molecule has 0 saturated heterocycles. The predicted molar refractivity (Wildman–Crippen MR) is 57.9 cm³/mol. The summed E-state index contributed by atoms with van der Waals surface area (Å²) in [6.45, 7) is 0. The fraction of sp³-hybridized carbons (Fsp3) is 0.100. The average Bonchev–Trinajstić information content (AvgIpc) is 2.67. The predicted octanol–water partition coefficient (Wildman–Crippen LogP) is 2.47. The van der Waals surface area contributed by atoms with Crippen molar-refractivity contribution in [1.82, 2.24) is 9.78 Å². The Kier molecular flexibility index (Phi) is 2.54. The molecule has 1 N–H and O–H groups in total. The third kappa shape index (κ3) is 1.65. The summed E-state index contributed by atoms with van der Waals surface area (Å²) in [4.78, 5) is 0. The molecule has 0 saturated carbocycles. The number of halogens is 1. The Labute approximate surface area is 90.1 Å². The van der Waals surface area contributed by atoms with Crippen molar-refractivity contribution in [3.8, 4) is 11.4 Å². The number of para-hydroxylation sites is 2. The molecule has 0 atom stereocenters. The van der Waals surface area contributed by atoms with Crippen LogP contribution in [0.2, 0.25) is 0 Å². The first kappa shape index (κ1) is 9.27. The van der Waals surface area contributed by atoms with Crippen molar-refractivity contribution in [2.75, 3.05) is 0 Å². The Morgan fingerprint density at radius 2 is 2.07 bits per heavy atom. The first-order chi connectivity index (χ1) is 6.81. The SMILES string of the molecule is Oc1ccccc1-n1ccc(CBr)n1. The molecule has 72 valence electrons. The topological polar surface area (TPSA) is 38.0 Å². The van der Waals surface area contributed by atoms with Gasteiger partial charge in [0.05, 0.1) is 5.69 Å². The van der Waals surface area contributed by atoms with E-state index in [4.69, 9.17) is 0 Å². The van der Waals surface area contributed by atoms with Gasteiger partial charge in [-0.3, -0.25) is 0 Å². The molecule has 0 radical (unpaired) electrons. The van der Waals surface area contributed by atoms with Crippen molar-refractivity contribution >= 4 is 15.9 Å². The van der Waals surface area contributed by atoms with Gasteiger partial charge in [0.15, 0.2) is 0 Å². The second-order valence-electron chi connectivity index (χ2n) is 2.87. The van der Waals surface area contributed by atoms with Crippen LogP contribution in [0.1, 0.15) is 5.69 Å². The number of nitrogens with zero attached hydrogens (tertiary/aromatic N) is 2. The average molecular weight is 253 g/mol. The summed E-state index contributed by atoms with van der Waals surface area (Å²) in [6, 6.07) is 9.02. The van der Waals surface area contributed by atoms with Crippen molar-refractivity contribution in [2.24, 2.45) is 0 Å². The summed E-state index contributed by atoms with van der Waals surface area (Å²) >= 11 is 3.32. The summed E-state index contributed by atoms with van der Waals surface area (Å²) in [5.74, 6) is 0.233. The van der Waals surface area contributed by atoms with E-state index in [1.165, 1.54) is 0 Å². The van der Waals surface area contributed by atoms with Crippen molar-refractivity contribution in [1.29, 1.82) is 0 Å². The van der Waals surface area contributed by atoms with E-state index in [0.717, 1.165) is 5.69 Å². The van der Waals surface area contributed by atoms with Crippen LogP contribution >= 0.6 is 15.9 Å². The number of benzene rings is 1. The molecule has 0 amide bonds. The van der Waals surface area contributed by atoms with Crippen LogP contribution in [0.5, 0.6) is 5.75 Å². The maximum absolute atomic E-state index is 9.57. The number of phenols is 1. The van der Waals surface area contributed by atoms with Gasteiger partial charge >= 0.3 is 0 Å². The molecule has 3 nitrogen and oxygen atoms in total. The van der Waals surface area contributed by atoms with E-state index in [9.17, 15) is 5.11 Å². The number of hydrogen-bond acceptors (Lipinski definition) is 2. The molecule has 0 fully saturated rings. The Balaban J connectivity index is 2.44. The third-order valence-corrected chi connectivity index (χ3v) is 2.48. The van der Waals surface area contributed by atoms with Crippen LogP contribution in [0.15, 0.2) is 36.5 Å². The van der Waals surface area contributed by atoms with Crippen LogP contribution in [0, 0.1) is 0 Å². The fourth-order valence-electron chi connectivity index (χ4n) is 1.23. The van der Waals surface area contributed by atoms with Crippen LogP contribution in [-0.2, 0) is 5.33 Å². The Morgan fingerprint density at radius 3 is 2.71 bits per heavy atom. The first-order valence-electron chi connectivity index (χ1n) is 4.20. The molecule has 0 unspecified atom stereocenters. The molecule has 1 aromatic heterocycles. The van der Waals surface area contributed by atoms with E-state index >= 15 is 0 Å². The van der Waals surface area contributed by atoms with Crippen molar-refractivity contribution in [3.05, 3.63) is 42.2 Å². The highest BCUT2D eigenvalue weighted by Gasteiger charge is 2.03. The van der Waals surface area contributed by atoms with E-state index in [0.29, 0.717) is 11.0 Å². The van der Waals surface area contributed by atoms with Gasteiger partial charge in [-0.05, 0) is 18.2 Å². The van der Waals surface area contributed by atoms with Crippen molar-refractivity contribution in [2.45, 2.75) is 5.33 Å². The number of aromatic hydroxyl groups is 1. The summed E-state index contributed by atoms with van der Waals surface area (Å²) in [5.41, 5.74) is 1.63. The number of hydrogen-bond donors (Lipinski definition) is 1. The first-order valence-corrected chi connectivity index (χ1v) is 5.32. The number of alkyl halides is 1. The van der Waals surface area contributed by atoms with Crippen molar-refractivity contribution in [3.63, 3.8) is 0 Å². The zero-order valence-corrected chi connectivity index (χ0v) is 8.98. The molecular weight excluding hydrogens is 244 g/mol. The maximum Gasteiger partial charge on any atom is 0.141 e. The Bertz CT molecular complexity index is 439. The standard InChI is InChI=1S/C10H9BrN2O/c11-7-8-5-6-13(12-8)9-3-1-2-4-10(9)14/h1-6,14H,7H2. The van der Waals surface area contributed by atoms with Gasteiger partial charge in [0, 0.05) is 11.5 Å². The highest BCUT2D eigenvalue weighted by atomic mass is 79.9. The molecule has 14 heavy (non-hydrogen) atoms. The largest absolute Gasteiger partial charge is 0.506 e. The van der Waals surface area contributed by atoms with Crippen LogP contribution in [0.25, 0.3) is 5.69 Å². The monoisotopic (exact) mass is 252 g/mol. The molecule has 0 aliphatic heterocycles. The molecule has 4 heteroatoms. The molecule has 2 aromatic rings. The van der Waals surface area contributed by atoms with Gasteiger partial charge in [-0.1, -0.05) is 28.1 Å². The smallest absolute Gasteiger partial charge is 0.141 e. The lowest BCUT2D eigenvalue weighted by atomic mass is 10.3. The quantitative estimate of drug-likeness (QED) is 0.835. The minimum Gasteiger partial charge on any atom is -0.506 e. The summed E-state index contributed by atoms with van der Waals surface area (Å²) < 4.78 is 1.66. The van der Waals surface area contributed by atoms with Crippen LogP contribution in [0.3, 0.4) is 0 Å². The second-order valence-corrected chi connectivity index (χ2v) is 3.43. The highest BCUT2D eigenvalue weighted by molar-refractivity contribution is 9.08. The minimum atomic E-state index is 0.233. The van der Waals surface area contributed by atoms with E-state index < -0.39 is 0 Å². The molecular formula is C10H9BrN2O. The Morgan fingerprint density at radius 1 is 1.29 bits per heavy atom. The van der Waals surface area contributed by atoms with Gasteiger partial charge in [-0.25, -0.2) is 4.68 Å². The highest BCUT2D eigenvalue weighted by Crippen LogP contribution is 2.20.